The van der Waals surface area contributed by atoms with Crippen molar-refractivity contribution in [2.24, 2.45) is 10.7 Å². The van der Waals surface area contributed by atoms with Gasteiger partial charge in [-0.2, -0.15) is 0 Å². The molecule has 0 heterocycles. The molecule has 0 aliphatic rings. The number of benzene rings is 1. The van der Waals surface area contributed by atoms with E-state index in [0.29, 0.717) is 0 Å². The highest BCUT2D eigenvalue weighted by Crippen LogP contribution is 2.17. The normalized spacial score (nSPS) is 11.8. The number of hydrogen-bond acceptors (Lipinski definition) is 1. The number of rotatable bonds is 3. The van der Waals surface area contributed by atoms with Crippen LogP contribution >= 0.6 is 0 Å². The smallest absolute Gasteiger partial charge is 0.0996 e. The van der Waals surface area contributed by atoms with Gasteiger partial charge in [0.2, 0.25) is 0 Å². The summed E-state index contributed by atoms with van der Waals surface area (Å²) >= 11 is 0. The van der Waals surface area contributed by atoms with Crippen LogP contribution in [0.15, 0.2) is 23.2 Å². The highest BCUT2D eigenvalue weighted by molar-refractivity contribution is 5.83. The fourth-order valence-corrected chi connectivity index (χ4v) is 1.27. The lowest BCUT2D eigenvalue weighted by Gasteiger charge is -2.02. The SMILES string of the molecule is CCCC(N)=Nc1ccc(C)c(C)c1. The van der Waals surface area contributed by atoms with Gasteiger partial charge in [0.1, 0.15) is 0 Å². The van der Waals surface area contributed by atoms with E-state index in [-0.39, 0.29) is 0 Å². The Morgan fingerprint density at radius 3 is 2.57 bits per heavy atom. The molecule has 0 amide bonds. The molecule has 0 bridgehead atoms. The highest BCUT2D eigenvalue weighted by Gasteiger charge is 1.95. The van der Waals surface area contributed by atoms with E-state index in [2.05, 4.69) is 37.9 Å². The van der Waals surface area contributed by atoms with Crippen molar-refractivity contribution in [1.29, 1.82) is 0 Å². The molecule has 1 aromatic carbocycles. The van der Waals surface area contributed by atoms with Crippen molar-refractivity contribution in [2.45, 2.75) is 33.6 Å². The van der Waals surface area contributed by atoms with E-state index >= 15 is 0 Å². The van der Waals surface area contributed by atoms with Crippen LogP contribution in [0.25, 0.3) is 0 Å². The number of aryl methyl sites for hydroxylation is 2. The number of amidine groups is 1. The molecule has 0 aliphatic heterocycles. The molecule has 0 atom stereocenters. The molecule has 0 spiro atoms. The van der Waals surface area contributed by atoms with Crippen LogP contribution in [0.1, 0.15) is 30.9 Å². The van der Waals surface area contributed by atoms with Gasteiger partial charge in [-0.05, 0) is 43.5 Å². The third-order valence-corrected chi connectivity index (χ3v) is 2.27. The Morgan fingerprint density at radius 2 is 2.00 bits per heavy atom. The van der Waals surface area contributed by atoms with Crippen LogP contribution in [0.3, 0.4) is 0 Å². The van der Waals surface area contributed by atoms with Crippen molar-refractivity contribution in [2.75, 3.05) is 0 Å². The van der Waals surface area contributed by atoms with Crippen LogP contribution in [0.5, 0.6) is 0 Å². The van der Waals surface area contributed by atoms with Gasteiger partial charge >= 0.3 is 0 Å². The monoisotopic (exact) mass is 190 g/mol. The van der Waals surface area contributed by atoms with Crippen LogP contribution in [-0.4, -0.2) is 5.84 Å². The first kappa shape index (κ1) is 10.8. The molecule has 0 radical (unpaired) electrons. The number of nitrogens with two attached hydrogens (primary N) is 1. The van der Waals surface area contributed by atoms with E-state index in [9.17, 15) is 0 Å². The van der Waals surface area contributed by atoms with Gasteiger partial charge < -0.3 is 5.73 Å². The zero-order valence-electron chi connectivity index (χ0n) is 9.17. The summed E-state index contributed by atoms with van der Waals surface area (Å²) < 4.78 is 0. The van der Waals surface area contributed by atoms with Crippen molar-refractivity contribution in [3.8, 4) is 0 Å². The lowest BCUT2D eigenvalue weighted by Crippen LogP contribution is -2.09. The molecular weight excluding hydrogens is 172 g/mol. The zero-order chi connectivity index (χ0) is 10.6. The Morgan fingerprint density at radius 1 is 1.29 bits per heavy atom. The first-order chi connectivity index (χ1) is 6.63. The third-order valence-electron chi connectivity index (χ3n) is 2.27. The van der Waals surface area contributed by atoms with Crippen LogP contribution in [0.4, 0.5) is 5.69 Å². The molecule has 0 fully saturated rings. The maximum Gasteiger partial charge on any atom is 0.0996 e. The van der Waals surface area contributed by atoms with Gasteiger partial charge in [0.15, 0.2) is 0 Å². The second-order valence-electron chi connectivity index (χ2n) is 3.62. The third kappa shape index (κ3) is 2.87. The van der Waals surface area contributed by atoms with Gasteiger partial charge in [-0.1, -0.05) is 13.0 Å². The minimum Gasteiger partial charge on any atom is -0.387 e. The van der Waals surface area contributed by atoms with Crippen molar-refractivity contribution in [3.63, 3.8) is 0 Å². The van der Waals surface area contributed by atoms with Gasteiger partial charge in [0.05, 0.1) is 11.5 Å². The average molecular weight is 190 g/mol. The van der Waals surface area contributed by atoms with Gasteiger partial charge in [0, 0.05) is 6.42 Å². The minimum atomic E-state index is 0.718. The van der Waals surface area contributed by atoms with E-state index in [1.165, 1.54) is 11.1 Å². The summed E-state index contributed by atoms with van der Waals surface area (Å²) in [5.41, 5.74) is 9.26. The maximum absolute atomic E-state index is 5.75. The van der Waals surface area contributed by atoms with E-state index in [1.54, 1.807) is 0 Å². The molecule has 0 saturated carbocycles. The first-order valence-electron chi connectivity index (χ1n) is 5.03. The summed E-state index contributed by atoms with van der Waals surface area (Å²) in [5, 5.41) is 0. The average Bonchev–Trinajstić information content (AvgIpc) is 2.12. The van der Waals surface area contributed by atoms with Crippen molar-refractivity contribution < 1.29 is 0 Å². The summed E-state index contributed by atoms with van der Waals surface area (Å²) in [5.74, 6) is 0.718. The largest absolute Gasteiger partial charge is 0.387 e. The molecule has 2 heteroatoms. The van der Waals surface area contributed by atoms with Crippen molar-refractivity contribution in [1.82, 2.24) is 0 Å². The number of aliphatic imine (C=N–C) groups is 1. The lowest BCUT2D eigenvalue weighted by molar-refractivity contribution is 0.983. The fourth-order valence-electron chi connectivity index (χ4n) is 1.27. The van der Waals surface area contributed by atoms with E-state index in [1.807, 2.05) is 6.07 Å². The molecule has 1 aromatic rings. The number of hydrogen-bond donors (Lipinski definition) is 1. The standard InChI is InChI=1S/C12H18N2/c1-4-5-12(13)14-11-7-6-9(2)10(3)8-11/h6-8H,4-5H2,1-3H3,(H2,13,14). The Kier molecular flexibility index (Phi) is 3.69. The predicted molar refractivity (Wildman–Crippen MR) is 62.1 cm³/mol. The first-order valence-corrected chi connectivity index (χ1v) is 5.03. The van der Waals surface area contributed by atoms with Crippen LogP contribution in [0, 0.1) is 13.8 Å². The zero-order valence-corrected chi connectivity index (χ0v) is 9.17. The molecule has 14 heavy (non-hydrogen) atoms. The quantitative estimate of drug-likeness (QED) is 0.577. The summed E-state index contributed by atoms with van der Waals surface area (Å²) in [7, 11) is 0. The molecule has 0 unspecified atom stereocenters. The molecule has 2 nitrogen and oxygen atoms in total. The second kappa shape index (κ2) is 4.80. The fraction of sp³-hybridized carbons (Fsp3) is 0.417. The molecule has 2 N–H and O–H groups in total. The lowest BCUT2D eigenvalue weighted by atomic mass is 10.1. The molecule has 0 aromatic heterocycles. The topological polar surface area (TPSA) is 38.4 Å². The molecule has 1 rings (SSSR count). The molecule has 76 valence electrons. The Bertz CT molecular complexity index is 340. The second-order valence-corrected chi connectivity index (χ2v) is 3.62. The van der Waals surface area contributed by atoms with Gasteiger partial charge in [-0.3, -0.25) is 0 Å². The van der Waals surface area contributed by atoms with Crippen LogP contribution in [-0.2, 0) is 0 Å². The molecule has 0 saturated heterocycles. The summed E-state index contributed by atoms with van der Waals surface area (Å²) in [6.45, 7) is 6.28. The molecular formula is C12H18N2. The maximum atomic E-state index is 5.75. The Labute approximate surface area is 85.9 Å². The minimum absolute atomic E-state index is 0.718. The van der Waals surface area contributed by atoms with Crippen LogP contribution in [0.2, 0.25) is 0 Å². The summed E-state index contributed by atoms with van der Waals surface area (Å²) in [6.07, 6.45) is 1.91. The number of nitrogens with zero attached hydrogens (tertiary/aromatic N) is 1. The van der Waals surface area contributed by atoms with E-state index in [4.69, 9.17) is 5.73 Å². The van der Waals surface area contributed by atoms with E-state index < -0.39 is 0 Å². The molecule has 0 aliphatic carbocycles. The van der Waals surface area contributed by atoms with Gasteiger partial charge in [0.25, 0.3) is 0 Å². The van der Waals surface area contributed by atoms with Crippen LogP contribution < -0.4 is 5.73 Å². The van der Waals surface area contributed by atoms with Crippen molar-refractivity contribution >= 4 is 11.5 Å². The van der Waals surface area contributed by atoms with Gasteiger partial charge in [-0.15, -0.1) is 0 Å². The summed E-state index contributed by atoms with van der Waals surface area (Å²) in [4.78, 5) is 4.35. The highest BCUT2D eigenvalue weighted by atomic mass is 14.8. The van der Waals surface area contributed by atoms with E-state index in [0.717, 1.165) is 24.4 Å². The van der Waals surface area contributed by atoms with Crippen molar-refractivity contribution in [3.05, 3.63) is 29.3 Å². The van der Waals surface area contributed by atoms with Gasteiger partial charge in [-0.25, -0.2) is 4.99 Å². The summed E-state index contributed by atoms with van der Waals surface area (Å²) in [6, 6.07) is 6.15. The Balaban J connectivity index is 2.87. The predicted octanol–water partition coefficient (Wildman–Crippen LogP) is 3.09. The Hall–Kier alpha value is -1.31.